The molecule has 0 unspecified atom stereocenters. The lowest BCUT2D eigenvalue weighted by Gasteiger charge is -2.07. The van der Waals surface area contributed by atoms with Crippen LogP contribution in [0.4, 0.5) is 0 Å². The summed E-state index contributed by atoms with van der Waals surface area (Å²) in [5, 5.41) is 1.83. The number of hydrogen-bond donors (Lipinski definition) is 0. The van der Waals surface area contributed by atoms with Crippen molar-refractivity contribution in [3.8, 4) is 0 Å². The highest BCUT2D eigenvalue weighted by Gasteiger charge is 2.08. The van der Waals surface area contributed by atoms with E-state index in [1.54, 1.807) is 6.20 Å². The second-order valence-corrected chi connectivity index (χ2v) is 5.20. The lowest BCUT2D eigenvalue weighted by molar-refractivity contribution is 0.771. The number of hydrogen-bond acceptors (Lipinski definition) is 2. The summed E-state index contributed by atoms with van der Waals surface area (Å²) >= 11 is 5.86. The molecule has 3 aromatic rings. The molecular formula is C15H14ClN3. The summed E-state index contributed by atoms with van der Waals surface area (Å²) in [6.45, 7) is 4.86. The molecule has 0 saturated carbocycles. The molecule has 0 saturated heterocycles. The van der Waals surface area contributed by atoms with Gasteiger partial charge in [0.2, 0.25) is 0 Å². The van der Waals surface area contributed by atoms with Crippen molar-refractivity contribution < 1.29 is 0 Å². The van der Waals surface area contributed by atoms with Gasteiger partial charge in [0.25, 0.3) is 0 Å². The Morgan fingerprint density at radius 3 is 2.68 bits per heavy atom. The quantitative estimate of drug-likeness (QED) is 0.711. The number of nitrogens with zero attached hydrogens (tertiary/aromatic N) is 3. The third-order valence-electron chi connectivity index (χ3n) is 3.19. The van der Waals surface area contributed by atoms with Gasteiger partial charge in [0.1, 0.15) is 5.65 Å². The Labute approximate surface area is 116 Å². The molecule has 0 amide bonds. The van der Waals surface area contributed by atoms with Gasteiger partial charge in [-0.05, 0) is 43.7 Å². The van der Waals surface area contributed by atoms with Gasteiger partial charge < -0.3 is 4.57 Å². The average Bonchev–Trinajstić information content (AvgIpc) is 2.68. The first kappa shape index (κ1) is 12.2. The fourth-order valence-electron chi connectivity index (χ4n) is 2.25. The number of pyridine rings is 2. The zero-order chi connectivity index (χ0) is 13.4. The highest BCUT2D eigenvalue weighted by atomic mass is 35.5. The van der Waals surface area contributed by atoms with Gasteiger partial charge in [-0.25, -0.2) is 4.98 Å². The van der Waals surface area contributed by atoms with Crippen LogP contribution in [-0.4, -0.2) is 14.5 Å². The zero-order valence-corrected chi connectivity index (χ0v) is 11.6. The highest BCUT2D eigenvalue weighted by Crippen LogP contribution is 2.19. The van der Waals surface area contributed by atoms with Crippen LogP contribution in [-0.2, 0) is 6.54 Å². The van der Waals surface area contributed by atoms with Crippen LogP contribution in [0.25, 0.3) is 11.0 Å². The fraction of sp³-hybridized carbons (Fsp3) is 0.200. The molecule has 4 heteroatoms. The van der Waals surface area contributed by atoms with Gasteiger partial charge in [0.15, 0.2) is 0 Å². The number of fused-ring (bicyclic) bond motifs is 1. The van der Waals surface area contributed by atoms with E-state index in [2.05, 4.69) is 40.5 Å². The van der Waals surface area contributed by atoms with Crippen molar-refractivity contribution in [1.82, 2.24) is 14.5 Å². The molecule has 0 spiro atoms. The summed E-state index contributed by atoms with van der Waals surface area (Å²) in [5.74, 6) is 0. The molecule has 0 radical (unpaired) electrons. The lowest BCUT2D eigenvalue weighted by atomic mass is 10.2. The SMILES string of the molecule is Cc1cnc2c(c1)cc(C)n2Cc1ccc(Cl)cn1. The highest BCUT2D eigenvalue weighted by molar-refractivity contribution is 6.30. The molecule has 0 aromatic carbocycles. The van der Waals surface area contributed by atoms with E-state index < -0.39 is 0 Å². The van der Waals surface area contributed by atoms with Gasteiger partial charge >= 0.3 is 0 Å². The summed E-state index contributed by atoms with van der Waals surface area (Å²) in [4.78, 5) is 8.86. The van der Waals surface area contributed by atoms with Gasteiger partial charge in [0.05, 0.1) is 17.3 Å². The van der Waals surface area contributed by atoms with Crippen LogP contribution in [0.3, 0.4) is 0 Å². The molecular weight excluding hydrogens is 258 g/mol. The van der Waals surface area contributed by atoms with E-state index in [1.165, 1.54) is 16.6 Å². The maximum Gasteiger partial charge on any atom is 0.140 e. The smallest absolute Gasteiger partial charge is 0.140 e. The molecule has 0 aliphatic rings. The molecule has 0 bridgehead atoms. The molecule has 3 nitrogen and oxygen atoms in total. The Morgan fingerprint density at radius 1 is 1.11 bits per heavy atom. The van der Waals surface area contributed by atoms with E-state index in [1.807, 2.05) is 18.3 Å². The van der Waals surface area contributed by atoms with Crippen molar-refractivity contribution in [1.29, 1.82) is 0 Å². The summed E-state index contributed by atoms with van der Waals surface area (Å²) < 4.78 is 2.17. The molecule has 96 valence electrons. The Bertz CT molecular complexity index is 729. The molecule has 3 rings (SSSR count). The molecule has 0 aliphatic carbocycles. The van der Waals surface area contributed by atoms with E-state index in [4.69, 9.17) is 11.6 Å². The van der Waals surface area contributed by atoms with E-state index in [0.29, 0.717) is 11.6 Å². The molecule has 0 fully saturated rings. The summed E-state index contributed by atoms with van der Waals surface area (Å²) in [6, 6.07) is 8.12. The van der Waals surface area contributed by atoms with E-state index in [-0.39, 0.29) is 0 Å². The van der Waals surface area contributed by atoms with Gasteiger partial charge in [-0.2, -0.15) is 0 Å². The monoisotopic (exact) mass is 271 g/mol. The van der Waals surface area contributed by atoms with Gasteiger partial charge in [-0.3, -0.25) is 4.98 Å². The zero-order valence-electron chi connectivity index (χ0n) is 10.9. The van der Waals surface area contributed by atoms with Gasteiger partial charge in [-0.1, -0.05) is 11.6 Å². The predicted molar refractivity (Wildman–Crippen MR) is 77.6 cm³/mol. The van der Waals surface area contributed by atoms with Crippen LogP contribution in [0.1, 0.15) is 17.0 Å². The number of aromatic nitrogens is 3. The topological polar surface area (TPSA) is 30.7 Å². The number of rotatable bonds is 2. The number of aryl methyl sites for hydroxylation is 2. The molecule has 19 heavy (non-hydrogen) atoms. The molecule has 0 aliphatic heterocycles. The van der Waals surface area contributed by atoms with Crippen LogP contribution in [0.15, 0.2) is 36.7 Å². The fourth-order valence-corrected chi connectivity index (χ4v) is 2.36. The molecule has 3 heterocycles. The van der Waals surface area contributed by atoms with Crippen LogP contribution >= 0.6 is 11.6 Å². The lowest BCUT2D eigenvalue weighted by Crippen LogP contribution is -2.04. The van der Waals surface area contributed by atoms with E-state index >= 15 is 0 Å². The van der Waals surface area contributed by atoms with Crippen molar-refractivity contribution in [3.63, 3.8) is 0 Å². The second kappa shape index (κ2) is 4.67. The largest absolute Gasteiger partial charge is 0.324 e. The third kappa shape index (κ3) is 2.34. The number of halogens is 1. The van der Waals surface area contributed by atoms with Crippen LogP contribution in [0.2, 0.25) is 5.02 Å². The summed E-state index contributed by atoms with van der Waals surface area (Å²) in [6.07, 6.45) is 3.57. The van der Waals surface area contributed by atoms with Crippen LogP contribution in [0, 0.1) is 13.8 Å². The summed E-state index contributed by atoms with van der Waals surface area (Å²) in [7, 11) is 0. The molecule has 3 aromatic heterocycles. The first-order valence-corrected chi connectivity index (χ1v) is 6.54. The van der Waals surface area contributed by atoms with Crippen molar-refractivity contribution in [3.05, 3.63) is 58.6 Å². The minimum atomic E-state index is 0.659. The average molecular weight is 272 g/mol. The van der Waals surface area contributed by atoms with Crippen molar-refractivity contribution in [2.45, 2.75) is 20.4 Å². The van der Waals surface area contributed by atoms with Crippen LogP contribution < -0.4 is 0 Å². The Morgan fingerprint density at radius 2 is 1.95 bits per heavy atom. The van der Waals surface area contributed by atoms with Crippen molar-refractivity contribution >= 4 is 22.6 Å². The van der Waals surface area contributed by atoms with E-state index in [9.17, 15) is 0 Å². The summed E-state index contributed by atoms with van der Waals surface area (Å²) in [5.41, 5.74) is 4.34. The minimum Gasteiger partial charge on any atom is -0.324 e. The van der Waals surface area contributed by atoms with Crippen molar-refractivity contribution in [2.75, 3.05) is 0 Å². The third-order valence-corrected chi connectivity index (χ3v) is 3.41. The first-order valence-electron chi connectivity index (χ1n) is 6.16. The first-order chi connectivity index (χ1) is 9.13. The van der Waals surface area contributed by atoms with E-state index in [0.717, 1.165) is 11.3 Å². The maximum atomic E-state index is 5.86. The van der Waals surface area contributed by atoms with Gasteiger partial charge in [0, 0.05) is 23.5 Å². The Balaban J connectivity index is 2.05. The standard InChI is InChI=1S/C15H14ClN3/c1-10-5-12-6-11(2)19(15(12)18-7-10)9-14-4-3-13(16)8-17-14/h3-8H,9H2,1-2H3. The van der Waals surface area contributed by atoms with Crippen LogP contribution in [0.5, 0.6) is 0 Å². The predicted octanol–water partition coefficient (Wildman–Crippen LogP) is 3.75. The molecule has 0 N–H and O–H groups in total. The second-order valence-electron chi connectivity index (χ2n) is 4.77. The van der Waals surface area contributed by atoms with Crippen molar-refractivity contribution in [2.24, 2.45) is 0 Å². The normalized spacial score (nSPS) is 11.1. The minimum absolute atomic E-state index is 0.659. The van der Waals surface area contributed by atoms with Gasteiger partial charge in [-0.15, -0.1) is 0 Å². The Hall–Kier alpha value is -1.87. The maximum absolute atomic E-state index is 5.86. The molecule has 0 atom stereocenters. The Kier molecular flexibility index (Phi) is 2.99.